The molecule has 0 saturated heterocycles. The number of nitrogens with zero attached hydrogens (tertiary/aromatic N) is 1. The van der Waals surface area contributed by atoms with Gasteiger partial charge in [0, 0.05) is 5.69 Å². The minimum absolute atomic E-state index is 0.0703. The first-order chi connectivity index (χ1) is 15.4. The maximum Gasteiger partial charge on any atom is 0.344 e. The van der Waals surface area contributed by atoms with Crippen molar-refractivity contribution < 1.29 is 23.8 Å². The molecule has 0 fully saturated rings. The van der Waals surface area contributed by atoms with Gasteiger partial charge in [-0.1, -0.05) is 19.1 Å². The summed E-state index contributed by atoms with van der Waals surface area (Å²) in [5.41, 5.74) is 2.24. The van der Waals surface area contributed by atoms with Gasteiger partial charge in [0.2, 0.25) is 0 Å². The summed E-state index contributed by atoms with van der Waals surface area (Å²) in [6.45, 7) is 5.91. The smallest absolute Gasteiger partial charge is 0.344 e. The molecule has 0 aliphatic rings. The van der Waals surface area contributed by atoms with Crippen LogP contribution in [-0.4, -0.2) is 31.7 Å². The lowest BCUT2D eigenvalue weighted by atomic mass is 10.1. The number of ether oxygens (including phenoxy) is 3. The molecular weight excluding hydrogens is 476 g/mol. The van der Waals surface area contributed by atoms with E-state index >= 15 is 0 Å². The van der Waals surface area contributed by atoms with Gasteiger partial charge in [-0.05, 0) is 77.7 Å². The summed E-state index contributed by atoms with van der Waals surface area (Å²) < 4.78 is 16.6. The minimum atomic E-state index is -0.520. The monoisotopic (exact) mass is 500 g/mol. The van der Waals surface area contributed by atoms with Gasteiger partial charge in [0.15, 0.2) is 18.1 Å². The number of hydrogen-bond acceptors (Lipinski definition) is 6. The number of carbonyl (C=O) groups excluding carboxylic acids is 2. The Morgan fingerprint density at radius 1 is 1.09 bits per heavy atom. The lowest BCUT2D eigenvalue weighted by molar-refractivity contribution is -0.145. The van der Waals surface area contributed by atoms with Gasteiger partial charge in [0.25, 0.3) is 5.91 Å². The number of amides is 1. The Hall–Kier alpha value is -3.31. The zero-order valence-corrected chi connectivity index (χ0v) is 19.8. The van der Waals surface area contributed by atoms with Crippen LogP contribution in [0.25, 0.3) is 6.08 Å². The summed E-state index contributed by atoms with van der Waals surface area (Å²) in [5, 5.41) is 12.2. The molecule has 2 rings (SSSR count). The van der Waals surface area contributed by atoms with Crippen LogP contribution >= 0.6 is 15.9 Å². The molecule has 0 radical (unpaired) electrons. The summed E-state index contributed by atoms with van der Waals surface area (Å²) >= 11 is 3.40. The molecule has 0 unspecified atom stereocenters. The summed E-state index contributed by atoms with van der Waals surface area (Å²) in [6.07, 6.45) is 2.35. The fourth-order valence-corrected chi connectivity index (χ4v) is 3.32. The first kappa shape index (κ1) is 25.0. The summed E-state index contributed by atoms with van der Waals surface area (Å²) in [5.74, 6) is -0.323. The molecule has 168 valence electrons. The van der Waals surface area contributed by atoms with Gasteiger partial charge in [0.1, 0.15) is 11.6 Å². The van der Waals surface area contributed by atoms with Gasteiger partial charge in [0.05, 0.1) is 17.7 Å². The maximum atomic E-state index is 12.6. The SMILES string of the molecule is CCOC(=O)COc1c(Br)cc(/C=C(\C#N)C(=O)Nc2ccc(CC)cc2)cc1OCC. The topological polar surface area (TPSA) is 97.7 Å². The zero-order valence-electron chi connectivity index (χ0n) is 18.2. The van der Waals surface area contributed by atoms with E-state index in [-0.39, 0.29) is 18.8 Å². The van der Waals surface area contributed by atoms with Crippen LogP contribution in [-0.2, 0) is 20.7 Å². The molecule has 0 aliphatic heterocycles. The largest absolute Gasteiger partial charge is 0.490 e. The van der Waals surface area contributed by atoms with E-state index in [0.29, 0.717) is 33.8 Å². The Balaban J connectivity index is 2.26. The fraction of sp³-hybridized carbons (Fsp3) is 0.292. The third kappa shape index (κ3) is 7.13. The van der Waals surface area contributed by atoms with E-state index in [1.54, 1.807) is 31.2 Å². The second-order valence-electron chi connectivity index (χ2n) is 6.53. The van der Waals surface area contributed by atoms with E-state index in [1.165, 1.54) is 6.08 Å². The molecule has 2 aromatic rings. The number of benzene rings is 2. The highest BCUT2D eigenvalue weighted by Crippen LogP contribution is 2.37. The standard InChI is InChI=1S/C24H25BrN2O5/c1-4-16-7-9-19(10-8-16)27-24(29)18(14-26)11-17-12-20(25)23(21(13-17)30-5-2)32-15-22(28)31-6-3/h7-13H,4-6,15H2,1-3H3,(H,27,29)/b18-11+. The van der Waals surface area contributed by atoms with Crippen molar-refractivity contribution in [3.63, 3.8) is 0 Å². The van der Waals surface area contributed by atoms with Crippen LogP contribution in [0, 0.1) is 11.3 Å². The predicted octanol–water partition coefficient (Wildman–Crippen LogP) is 4.90. The molecule has 0 saturated carbocycles. The number of hydrogen-bond donors (Lipinski definition) is 1. The van der Waals surface area contributed by atoms with Crippen LogP contribution in [0.2, 0.25) is 0 Å². The summed E-state index contributed by atoms with van der Waals surface area (Å²) in [4.78, 5) is 24.2. The Morgan fingerprint density at radius 2 is 1.81 bits per heavy atom. The normalized spacial score (nSPS) is 10.8. The van der Waals surface area contributed by atoms with E-state index in [2.05, 4.69) is 21.2 Å². The molecule has 0 heterocycles. The molecule has 0 atom stereocenters. The molecule has 2 aromatic carbocycles. The predicted molar refractivity (Wildman–Crippen MR) is 125 cm³/mol. The van der Waals surface area contributed by atoms with Crippen molar-refractivity contribution in [1.29, 1.82) is 5.26 Å². The molecule has 0 aliphatic carbocycles. The second kappa shape index (κ2) is 12.5. The van der Waals surface area contributed by atoms with E-state index < -0.39 is 11.9 Å². The molecule has 7 nitrogen and oxygen atoms in total. The van der Waals surface area contributed by atoms with Crippen molar-refractivity contribution in [2.45, 2.75) is 27.2 Å². The third-order valence-corrected chi connectivity index (χ3v) is 4.86. The third-order valence-electron chi connectivity index (χ3n) is 4.27. The van der Waals surface area contributed by atoms with Crippen molar-refractivity contribution in [1.82, 2.24) is 0 Å². The Bertz CT molecular complexity index is 1030. The Morgan fingerprint density at radius 3 is 2.41 bits per heavy atom. The highest BCUT2D eigenvalue weighted by molar-refractivity contribution is 9.10. The highest BCUT2D eigenvalue weighted by Gasteiger charge is 2.16. The van der Waals surface area contributed by atoms with E-state index in [1.807, 2.05) is 32.0 Å². The number of nitriles is 1. The average Bonchev–Trinajstić information content (AvgIpc) is 2.77. The first-order valence-electron chi connectivity index (χ1n) is 10.2. The number of carbonyl (C=O) groups is 2. The van der Waals surface area contributed by atoms with Crippen LogP contribution in [0.3, 0.4) is 0 Å². The number of anilines is 1. The molecule has 1 amide bonds. The quantitative estimate of drug-likeness (QED) is 0.283. The molecule has 8 heteroatoms. The molecule has 0 bridgehead atoms. The van der Waals surface area contributed by atoms with Crippen molar-refractivity contribution >= 4 is 39.6 Å². The van der Waals surface area contributed by atoms with Crippen LogP contribution in [0.1, 0.15) is 31.9 Å². The summed E-state index contributed by atoms with van der Waals surface area (Å²) in [6, 6.07) is 12.7. The average molecular weight is 501 g/mol. The first-order valence-corrected chi connectivity index (χ1v) is 11.0. The zero-order chi connectivity index (χ0) is 23.5. The highest BCUT2D eigenvalue weighted by atomic mass is 79.9. The van der Waals surface area contributed by atoms with Crippen LogP contribution in [0.5, 0.6) is 11.5 Å². The molecule has 32 heavy (non-hydrogen) atoms. The lowest BCUT2D eigenvalue weighted by Crippen LogP contribution is -2.15. The van der Waals surface area contributed by atoms with E-state index in [9.17, 15) is 14.9 Å². The molecule has 1 N–H and O–H groups in total. The van der Waals surface area contributed by atoms with Gasteiger partial charge in [-0.3, -0.25) is 4.79 Å². The fourth-order valence-electron chi connectivity index (χ4n) is 2.75. The van der Waals surface area contributed by atoms with Crippen LogP contribution < -0.4 is 14.8 Å². The van der Waals surface area contributed by atoms with E-state index in [0.717, 1.165) is 12.0 Å². The van der Waals surface area contributed by atoms with Crippen molar-refractivity contribution in [3.8, 4) is 17.6 Å². The molecule has 0 spiro atoms. The molecular formula is C24H25BrN2O5. The van der Waals surface area contributed by atoms with Crippen molar-refractivity contribution in [2.75, 3.05) is 25.1 Å². The number of aryl methyl sites for hydroxylation is 1. The van der Waals surface area contributed by atoms with Crippen molar-refractivity contribution in [3.05, 3.63) is 57.6 Å². The van der Waals surface area contributed by atoms with Gasteiger partial charge in [-0.15, -0.1) is 0 Å². The number of nitrogens with one attached hydrogen (secondary N) is 1. The summed E-state index contributed by atoms with van der Waals surface area (Å²) in [7, 11) is 0. The Kier molecular flexibility index (Phi) is 9.76. The van der Waals surface area contributed by atoms with Crippen LogP contribution in [0.15, 0.2) is 46.4 Å². The van der Waals surface area contributed by atoms with Gasteiger partial charge < -0.3 is 19.5 Å². The Labute approximate surface area is 196 Å². The van der Waals surface area contributed by atoms with E-state index in [4.69, 9.17) is 14.2 Å². The lowest BCUT2D eigenvalue weighted by Gasteiger charge is -2.14. The number of halogens is 1. The second-order valence-corrected chi connectivity index (χ2v) is 7.39. The van der Waals surface area contributed by atoms with Gasteiger partial charge in [-0.25, -0.2) is 4.79 Å². The van der Waals surface area contributed by atoms with Gasteiger partial charge in [-0.2, -0.15) is 5.26 Å². The van der Waals surface area contributed by atoms with Crippen molar-refractivity contribution in [2.24, 2.45) is 0 Å². The molecule has 0 aromatic heterocycles. The number of rotatable bonds is 10. The van der Waals surface area contributed by atoms with Crippen LogP contribution in [0.4, 0.5) is 5.69 Å². The van der Waals surface area contributed by atoms with Gasteiger partial charge >= 0.3 is 5.97 Å². The maximum absolute atomic E-state index is 12.6. The number of esters is 1. The minimum Gasteiger partial charge on any atom is -0.490 e.